The van der Waals surface area contributed by atoms with Crippen molar-refractivity contribution in [2.75, 3.05) is 20.2 Å². The number of alkyl halides is 3. The summed E-state index contributed by atoms with van der Waals surface area (Å²) in [6, 6.07) is 8.60. The Morgan fingerprint density at radius 3 is 2.63 bits per heavy atom. The first-order valence-corrected chi connectivity index (χ1v) is 8.14. The lowest BCUT2D eigenvalue weighted by atomic mass is 10.2. The van der Waals surface area contributed by atoms with Gasteiger partial charge in [0, 0.05) is 19.3 Å². The van der Waals surface area contributed by atoms with Crippen LogP contribution in [-0.2, 0) is 17.5 Å². The Labute approximate surface area is 152 Å². The molecule has 1 aliphatic heterocycles. The van der Waals surface area contributed by atoms with Crippen molar-refractivity contribution in [1.82, 2.24) is 9.47 Å². The summed E-state index contributed by atoms with van der Waals surface area (Å²) in [7, 11) is 1.49. The first kappa shape index (κ1) is 18.8. The predicted molar refractivity (Wildman–Crippen MR) is 89.7 cm³/mol. The van der Waals surface area contributed by atoms with Crippen LogP contribution in [0.5, 0.6) is 11.5 Å². The fourth-order valence-corrected chi connectivity index (χ4v) is 2.65. The van der Waals surface area contributed by atoms with Crippen LogP contribution in [0.25, 0.3) is 0 Å². The molecule has 2 heterocycles. The Balaban J connectivity index is 1.64. The highest BCUT2D eigenvalue weighted by atomic mass is 19.4. The lowest BCUT2D eigenvalue weighted by Gasteiger charge is -2.29. The number of fused-ring (bicyclic) bond motifs is 1. The Morgan fingerprint density at radius 1 is 1.22 bits per heavy atom. The van der Waals surface area contributed by atoms with Gasteiger partial charge in [-0.05, 0) is 18.2 Å². The zero-order chi connectivity index (χ0) is 19.6. The molecule has 0 aliphatic carbocycles. The van der Waals surface area contributed by atoms with Gasteiger partial charge in [0.15, 0.2) is 17.6 Å². The van der Waals surface area contributed by atoms with E-state index < -0.39 is 35.9 Å². The number of pyridine rings is 1. The van der Waals surface area contributed by atoms with Gasteiger partial charge >= 0.3 is 6.18 Å². The number of carbonyl (C=O) groups excluding carboxylic acids is 1. The highest BCUT2D eigenvalue weighted by Gasteiger charge is 2.31. The van der Waals surface area contributed by atoms with Crippen LogP contribution in [0.1, 0.15) is 5.56 Å². The molecule has 1 aromatic heterocycles. The van der Waals surface area contributed by atoms with Crippen LogP contribution in [0.3, 0.4) is 0 Å². The molecule has 0 radical (unpaired) electrons. The largest absolute Gasteiger partial charge is 0.486 e. The fraction of sp³-hybridized carbons (Fsp3) is 0.333. The number of ether oxygens (including phenoxy) is 2. The molecule has 144 valence electrons. The summed E-state index contributed by atoms with van der Waals surface area (Å²) in [4.78, 5) is 25.4. The normalized spacial score (nSPS) is 16.1. The van der Waals surface area contributed by atoms with Gasteiger partial charge < -0.3 is 18.9 Å². The van der Waals surface area contributed by atoms with E-state index in [2.05, 4.69) is 0 Å². The number of hydrogen-bond donors (Lipinski definition) is 0. The van der Waals surface area contributed by atoms with Gasteiger partial charge in [-0.15, -0.1) is 0 Å². The maximum absolute atomic E-state index is 12.8. The van der Waals surface area contributed by atoms with Crippen LogP contribution >= 0.6 is 0 Å². The van der Waals surface area contributed by atoms with E-state index in [0.717, 1.165) is 10.6 Å². The van der Waals surface area contributed by atoms with Crippen LogP contribution < -0.4 is 15.0 Å². The van der Waals surface area contributed by atoms with E-state index in [4.69, 9.17) is 9.47 Å². The fourth-order valence-electron chi connectivity index (χ4n) is 2.65. The van der Waals surface area contributed by atoms with Gasteiger partial charge in [0.1, 0.15) is 13.2 Å². The number of hydrogen-bond acceptors (Lipinski definition) is 4. The molecule has 1 aromatic carbocycles. The minimum absolute atomic E-state index is 0.168. The molecule has 1 amide bonds. The van der Waals surface area contributed by atoms with Crippen molar-refractivity contribution < 1.29 is 27.4 Å². The Kier molecular flexibility index (Phi) is 5.11. The minimum Gasteiger partial charge on any atom is -0.486 e. The van der Waals surface area contributed by atoms with Gasteiger partial charge in [-0.3, -0.25) is 9.59 Å². The van der Waals surface area contributed by atoms with E-state index in [1.807, 2.05) is 6.07 Å². The third kappa shape index (κ3) is 4.42. The van der Waals surface area contributed by atoms with Crippen molar-refractivity contribution in [2.24, 2.45) is 0 Å². The Bertz CT molecular complexity index is 895. The van der Waals surface area contributed by atoms with Crippen molar-refractivity contribution in [2.45, 2.75) is 18.8 Å². The zero-order valence-corrected chi connectivity index (χ0v) is 14.4. The second-order valence-corrected chi connectivity index (χ2v) is 6.15. The Hall–Kier alpha value is -2.97. The summed E-state index contributed by atoms with van der Waals surface area (Å²) < 4.78 is 50.4. The maximum atomic E-state index is 12.8. The molecule has 0 spiro atoms. The van der Waals surface area contributed by atoms with Gasteiger partial charge in [0.2, 0.25) is 5.91 Å². The monoisotopic (exact) mass is 382 g/mol. The van der Waals surface area contributed by atoms with E-state index in [1.165, 1.54) is 11.9 Å². The second-order valence-electron chi connectivity index (χ2n) is 6.15. The number of nitrogens with zero attached hydrogens (tertiary/aromatic N) is 2. The molecular weight excluding hydrogens is 365 g/mol. The number of carbonyl (C=O) groups is 1. The molecule has 0 N–H and O–H groups in total. The highest BCUT2D eigenvalue weighted by Crippen LogP contribution is 2.31. The number of likely N-dealkylation sites (N-methyl/N-ethyl adjacent to an activating group) is 1. The molecule has 1 atom stereocenters. The number of halogens is 3. The van der Waals surface area contributed by atoms with Gasteiger partial charge in [0.25, 0.3) is 5.56 Å². The van der Waals surface area contributed by atoms with Crippen LogP contribution in [0.2, 0.25) is 0 Å². The van der Waals surface area contributed by atoms with Gasteiger partial charge in [0.05, 0.1) is 12.1 Å². The number of amides is 1. The maximum Gasteiger partial charge on any atom is 0.417 e. The molecule has 9 heteroatoms. The van der Waals surface area contributed by atoms with Crippen LogP contribution in [0.15, 0.2) is 47.4 Å². The van der Waals surface area contributed by atoms with Crippen LogP contribution in [0, 0.1) is 0 Å². The second kappa shape index (κ2) is 7.34. The van der Waals surface area contributed by atoms with E-state index in [1.54, 1.807) is 18.2 Å². The van der Waals surface area contributed by atoms with Crippen molar-refractivity contribution >= 4 is 5.91 Å². The van der Waals surface area contributed by atoms with E-state index >= 15 is 0 Å². The molecule has 0 saturated carbocycles. The summed E-state index contributed by atoms with van der Waals surface area (Å²) in [6.45, 7) is -0.0948. The smallest absolute Gasteiger partial charge is 0.417 e. The third-order valence-electron chi connectivity index (χ3n) is 4.09. The molecule has 0 fully saturated rings. The first-order chi connectivity index (χ1) is 12.7. The zero-order valence-electron chi connectivity index (χ0n) is 14.4. The van der Waals surface area contributed by atoms with Gasteiger partial charge in [-0.25, -0.2) is 0 Å². The quantitative estimate of drug-likeness (QED) is 0.813. The highest BCUT2D eigenvalue weighted by molar-refractivity contribution is 5.75. The van der Waals surface area contributed by atoms with Crippen molar-refractivity contribution in [1.29, 1.82) is 0 Å². The number of aromatic nitrogens is 1. The summed E-state index contributed by atoms with van der Waals surface area (Å²) in [5.41, 5.74) is -1.67. The van der Waals surface area contributed by atoms with Crippen molar-refractivity contribution in [3.63, 3.8) is 0 Å². The summed E-state index contributed by atoms with van der Waals surface area (Å²) in [6.07, 6.45) is -4.37. The van der Waals surface area contributed by atoms with E-state index in [-0.39, 0.29) is 13.2 Å². The van der Waals surface area contributed by atoms with Crippen LogP contribution in [0.4, 0.5) is 13.2 Å². The molecule has 27 heavy (non-hydrogen) atoms. The predicted octanol–water partition coefficient (Wildman–Crippen LogP) is 2.17. The molecule has 3 rings (SSSR count). The van der Waals surface area contributed by atoms with Crippen LogP contribution in [-0.4, -0.2) is 41.7 Å². The molecular formula is C18H17F3N2O4. The van der Waals surface area contributed by atoms with Crippen molar-refractivity contribution in [3.8, 4) is 11.5 Å². The number of rotatable bonds is 4. The molecule has 1 unspecified atom stereocenters. The summed E-state index contributed by atoms with van der Waals surface area (Å²) in [5.74, 6) is 0.654. The molecule has 1 aliphatic rings. The third-order valence-corrected chi connectivity index (χ3v) is 4.09. The van der Waals surface area contributed by atoms with E-state index in [9.17, 15) is 22.8 Å². The number of benzene rings is 1. The van der Waals surface area contributed by atoms with Gasteiger partial charge in [-0.2, -0.15) is 13.2 Å². The SMILES string of the molecule is CN(CC1COc2ccccc2O1)C(=O)Cn1cc(C(F)(F)F)ccc1=O. The molecule has 0 bridgehead atoms. The average Bonchev–Trinajstić information content (AvgIpc) is 2.62. The topological polar surface area (TPSA) is 60.8 Å². The Morgan fingerprint density at radius 2 is 1.93 bits per heavy atom. The lowest BCUT2D eigenvalue weighted by Crippen LogP contribution is -2.43. The molecule has 0 saturated heterocycles. The van der Waals surface area contributed by atoms with Gasteiger partial charge in [-0.1, -0.05) is 12.1 Å². The van der Waals surface area contributed by atoms with E-state index in [0.29, 0.717) is 23.8 Å². The van der Waals surface area contributed by atoms with Crippen molar-refractivity contribution in [3.05, 3.63) is 58.5 Å². The summed E-state index contributed by atoms with van der Waals surface area (Å²) in [5, 5.41) is 0. The molecule has 2 aromatic rings. The molecule has 6 nitrogen and oxygen atoms in total. The first-order valence-electron chi connectivity index (χ1n) is 8.14. The minimum atomic E-state index is -4.59. The summed E-state index contributed by atoms with van der Waals surface area (Å²) >= 11 is 0. The average molecular weight is 382 g/mol. The standard InChI is InChI=1S/C18H17F3N2O4/c1-22(9-13-11-26-14-4-2-3-5-15(14)27-13)17(25)10-23-8-12(18(19,20)21)6-7-16(23)24/h2-8,13H,9-11H2,1H3. The number of para-hydroxylation sites is 2. The lowest BCUT2D eigenvalue weighted by molar-refractivity contribution is -0.138.